The number of hydrogen-bond donors (Lipinski definition) is 1. The number of likely N-dealkylation sites (N-methyl/N-ethyl adjacent to an activating group) is 2. The minimum Gasteiger partial charge on any atom is -0.343 e. The van der Waals surface area contributed by atoms with Gasteiger partial charge < -0.3 is 15.5 Å². The molecule has 1 saturated carbocycles. The molecule has 0 aromatic heterocycles. The first-order chi connectivity index (χ1) is 7.93. The number of carbonyl (C=O) groups is 1. The number of amides is 1. The molecule has 2 N–H and O–H groups in total. The Labute approximate surface area is 104 Å². The minimum atomic E-state index is -0.647. The Morgan fingerprint density at radius 2 is 2.12 bits per heavy atom. The first kappa shape index (κ1) is 12.8. The maximum atomic E-state index is 12.3. The Bertz CT molecular complexity index is 299. The second kappa shape index (κ2) is 4.58. The van der Waals surface area contributed by atoms with E-state index in [0.717, 1.165) is 25.9 Å². The Kier molecular flexibility index (Phi) is 3.46. The summed E-state index contributed by atoms with van der Waals surface area (Å²) in [6.07, 6.45) is 4.65. The van der Waals surface area contributed by atoms with Crippen molar-refractivity contribution in [3.8, 4) is 0 Å². The molecule has 0 spiro atoms. The molecule has 1 heterocycles. The minimum absolute atomic E-state index is 0.111. The zero-order valence-corrected chi connectivity index (χ0v) is 11.3. The summed E-state index contributed by atoms with van der Waals surface area (Å²) in [5.41, 5.74) is 5.52. The Hall–Kier alpha value is -0.610. The van der Waals surface area contributed by atoms with Gasteiger partial charge in [0.25, 0.3) is 0 Å². The van der Waals surface area contributed by atoms with E-state index in [-0.39, 0.29) is 5.91 Å². The lowest BCUT2D eigenvalue weighted by atomic mass is 9.95. The third kappa shape index (κ3) is 2.63. The molecule has 0 bridgehead atoms. The SMILES string of the molecule is CN(CC1CCCN1C)C(=O)C(C)(N)C1CC1. The van der Waals surface area contributed by atoms with E-state index in [0.29, 0.717) is 12.0 Å². The largest absolute Gasteiger partial charge is 0.343 e. The number of nitrogens with two attached hydrogens (primary N) is 1. The average Bonchev–Trinajstić information content (AvgIpc) is 3.05. The third-order valence-electron chi connectivity index (χ3n) is 4.39. The summed E-state index contributed by atoms with van der Waals surface area (Å²) in [5.74, 6) is 0.513. The van der Waals surface area contributed by atoms with Gasteiger partial charge in [0.15, 0.2) is 0 Å². The second-order valence-electron chi connectivity index (χ2n) is 6.02. The van der Waals surface area contributed by atoms with E-state index in [1.165, 1.54) is 12.8 Å². The number of rotatable bonds is 4. The van der Waals surface area contributed by atoms with Crippen molar-refractivity contribution in [1.29, 1.82) is 0 Å². The van der Waals surface area contributed by atoms with Crippen LogP contribution in [-0.2, 0) is 4.79 Å². The standard InChI is InChI=1S/C13H25N3O/c1-13(14,10-6-7-10)12(17)16(3)9-11-5-4-8-15(11)2/h10-11H,4-9,14H2,1-3H3. The van der Waals surface area contributed by atoms with Crippen LogP contribution in [0.15, 0.2) is 0 Å². The molecule has 0 aromatic carbocycles. The van der Waals surface area contributed by atoms with E-state index in [2.05, 4.69) is 11.9 Å². The van der Waals surface area contributed by atoms with Crippen molar-refractivity contribution in [3.05, 3.63) is 0 Å². The zero-order chi connectivity index (χ0) is 12.6. The second-order valence-corrected chi connectivity index (χ2v) is 6.02. The number of carbonyl (C=O) groups excluding carboxylic acids is 1. The molecule has 0 radical (unpaired) electrons. The van der Waals surface area contributed by atoms with Crippen molar-refractivity contribution in [1.82, 2.24) is 9.80 Å². The van der Waals surface area contributed by atoms with E-state index < -0.39 is 5.54 Å². The normalized spacial score (nSPS) is 29.1. The summed E-state index contributed by atoms with van der Waals surface area (Å²) in [5, 5.41) is 0. The molecular weight excluding hydrogens is 214 g/mol. The molecule has 0 aromatic rings. The highest BCUT2D eigenvalue weighted by molar-refractivity contribution is 5.86. The van der Waals surface area contributed by atoms with Crippen molar-refractivity contribution in [2.45, 2.75) is 44.2 Å². The fourth-order valence-electron chi connectivity index (χ4n) is 2.88. The summed E-state index contributed by atoms with van der Waals surface area (Å²) in [6, 6.07) is 0.513. The molecule has 4 nitrogen and oxygen atoms in total. The van der Waals surface area contributed by atoms with E-state index in [9.17, 15) is 4.79 Å². The van der Waals surface area contributed by atoms with Crippen molar-refractivity contribution in [3.63, 3.8) is 0 Å². The number of likely N-dealkylation sites (tertiary alicyclic amines) is 1. The Morgan fingerprint density at radius 1 is 1.47 bits per heavy atom. The predicted octanol–water partition coefficient (Wildman–Crippen LogP) is 0.666. The molecule has 1 saturated heterocycles. The van der Waals surface area contributed by atoms with Crippen LogP contribution >= 0.6 is 0 Å². The smallest absolute Gasteiger partial charge is 0.242 e. The lowest BCUT2D eigenvalue weighted by Crippen LogP contribution is -2.55. The molecule has 2 rings (SSSR count). The lowest BCUT2D eigenvalue weighted by Gasteiger charge is -2.32. The molecule has 2 fully saturated rings. The summed E-state index contributed by atoms with van der Waals surface area (Å²) in [7, 11) is 4.03. The maximum Gasteiger partial charge on any atom is 0.242 e. The molecule has 4 heteroatoms. The van der Waals surface area contributed by atoms with Crippen LogP contribution in [0.1, 0.15) is 32.6 Å². The molecule has 1 amide bonds. The first-order valence-electron chi connectivity index (χ1n) is 6.67. The van der Waals surface area contributed by atoms with Crippen molar-refractivity contribution >= 4 is 5.91 Å². The van der Waals surface area contributed by atoms with Gasteiger partial charge in [-0.1, -0.05) is 0 Å². The van der Waals surface area contributed by atoms with Gasteiger partial charge in [0, 0.05) is 19.6 Å². The van der Waals surface area contributed by atoms with Crippen LogP contribution in [0.5, 0.6) is 0 Å². The molecule has 2 unspecified atom stereocenters. The van der Waals surface area contributed by atoms with Crippen LogP contribution in [0.25, 0.3) is 0 Å². The van der Waals surface area contributed by atoms with Gasteiger partial charge in [-0.25, -0.2) is 0 Å². The predicted molar refractivity (Wildman–Crippen MR) is 68.6 cm³/mol. The topological polar surface area (TPSA) is 49.6 Å². The van der Waals surface area contributed by atoms with E-state index in [1.807, 2.05) is 18.9 Å². The monoisotopic (exact) mass is 239 g/mol. The van der Waals surface area contributed by atoms with Gasteiger partial charge in [0.2, 0.25) is 5.91 Å². The molecule has 1 aliphatic heterocycles. The maximum absolute atomic E-state index is 12.3. The van der Waals surface area contributed by atoms with E-state index in [1.54, 1.807) is 0 Å². The summed E-state index contributed by atoms with van der Waals surface area (Å²) < 4.78 is 0. The molecule has 2 atom stereocenters. The van der Waals surface area contributed by atoms with Crippen LogP contribution in [0, 0.1) is 5.92 Å². The molecule has 1 aliphatic carbocycles. The highest BCUT2D eigenvalue weighted by Gasteiger charge is 2.45. The van der Waals surface area contributed by atoms with Crippen molar-refractivity contribution in [2.24, 2.45) is 11.7 Å². The first-order valence-corrected chi connectivity index (χ1v) is 6.67. The van der Waals surface area contributed by atoms with Gasteiger partial charge >= 0.3 is 0 Å². The number of hydrogen-bond acceptors (Lipinski definition) is 3. The van der Waals surface area contributed by atoms with Crippen molar-refractivity contribution < 1.29 is 4.79 Å². The van der Waals surface area contributed by atoms with Crippen molar-refractivity contribution in [2.75, 3.05) is 27.2 Å². The third-order valence-corrected chi connectivity index (χ3v) is 4.39. The van der Waals surface area contributed by atoms with Crippen LogP contribution in [0.2, 0.25) is 0 Å². The highest BCUT2D eigenvalue weighted by atomic mass is 16.2. The van der Waals surface area contributed by atoms with Gasteiger partial charge in [-0.3, -0.25) is 4.79 Å². The van der Waals surface area contributed by atoms with E-state index in [4.69, 9.17) is 5.73 Å². The van der Waals surface area contributed by atoms with Gasteiger partial charge in [-0.2, -0.15) is 0 Å². The number of nitrogens with zero attached hydrogens (tertiary/aromatic N) is 2. The zero-order valence-electron chi connectivity index (χ0n) is 11.3. The summed E-state index contributed by atoms with van der Waals surface area (Å²) in [6.45, 7) is 3.85. The quantitative estimate of drug-likeness (QED) is 0.784. The molecule has 17 heavy (non-hydrogen) atoms. The fourth-order valence-corrected chi connectivity index (χ4v) is 2.88. The van der Waals surface area contributed by atoms with Crippen LogP contribution < -0.4 is 5.73 Å². The fraction of sp³-hybridized carbons (Fsp3) is 0.923. The van der Waals surface area contributed by atoms with Crippen LogP contribution in [0.4, 0.5) is 0 Å². The van der Waals surface area contributed by atoms with Crippen LogP contribution in [0.3, 0.4) is 0 Å². The van der Waals surface area contributed by atoms with Gasteiger partial charge in [-0.15, -0.1) is 0 Å². The van der Waals surface area contributed by atoms with E-state index >= 15 is 0 Å². The summed E-state index contributed by atoms with van der Waals surface area (Å²) >= 11 is 0. The highest BCUT2D eigenvalue weighted by Crippen LogP contribution is 2.38. The Balaban J connectivity index is 1.90. The average molecular weight is 239 g/mol. The summed E-state index contributed by atoms with van der Waals surface area (Å²) in [4.78, 5) is 16.5. The van der Waals surface area contributed by atoms with Gasteiger partial charge in [0.1, 0.15) is 0 Å². The van der Waals surface area contributed by atoms with Crippen LogP contribution in [-0.4, -0.2) is 54.5 Å². The van der Waals surface area contributed by atoms with Gasteiger partial charge in [0.05, 0.1) is 5.54 Å². The Morgan fingerprint density at radius 3 is 2.59 bits per heavy atom. The lowest BCUT2D eigenvalue weighted by molar-refractivity contribution is -0.136. The molecule has 98 valence electrons. The molecule has 2 aliphatic rings. The van der Waals surface area contributed by atoms with Gasteiger partial charge in [-0.05, 0) is 52.1 Å². The molecular formula is C13H25N3O.